The standard InChI is InChI=1S/C13H19NO.C2H6/c15-10-14-9-8-12-6-3-5-11-4-1-2-7-13(11)12;1-2/h2,7,10,12H,1,3-6,8-9H2,(H,14,15);1-2H3. The van der Waals surface area contributed by atoms with Crippen LogP contribution in [0.3, 0.4) is 0 Å². The molecule has 2 aliphatic carbocycles. The Morgan fingerprint density at radius 1 is 1.41 bits per heavy atom. The van der Waals surface area contributed by atoms with Gasteiger partial charge in [-0.2, -0.15) is 0 Å². The molecule has 0 fully saturated rings. The first kappa shape index (κ1) is 14.0. The number of nitrogens with one attached hydrogen (secondary N) is 1. The van der Waals surface area contributed by atoms with E-state index < -0.39 is 0 Å². The van der Waals surface area contributed by atoms with E-state index in [1.54, 1.807) is 11.1 Å². The Kier molecular flexibility index (Phi) is 6.68. The van der Waals surface area contributed by atoms with E-state index in [9.17, 15) is 4.79 Å². The van der Waals surface area contributed by atoms with E-state index in [2.05, 4.69) is 17.5 Å². The lowest BCUT2D eigenvalue weighted by Gasteiger charge is -2.29. The number of rotatable bonds is 4. The molecule has 2 nitrogen and oxygen atoms in total. The number of carbonyl (C=O) groups excluding carboxylic acids is 1. The van der Waals surface area contributed by atoms with Crippen molar-refractivity contribution in [2.24, 2.45) is 5.92 Å². The molecule has 0 bridgehead atoms. The number of hydrogen-bond acceptors (Lipinski definition) is 1. The van der Waals surface area contributed by atoms with Gasteiger partial charge in [-0.3, -0.25) is 4.79 Å². The van der Waals surface area contributed by atoms with Gasteiger partial charge in [0, 0.05) is 6.54 Å². The molecule has 0 radical (unpaired) electrons. The second kappa shape index (κ2) is 8.10. The highest BCUT2D eigenvalue weighted by atomic mass is 16.1. The van der Waals surface area contributed by atoms with Gasteiger partial charge >= 0.3 is 0 Å². The second-order valence-electron chi connectivity index (χ2n) is 4.45. The fourth-order valence-electron chi connectivity index (χ4n) is 2.76. The quantitative estimate of drug-likeness (QED) is 0.585. The first-order chi connectivity index (χ1) is 8.42. The normalized spacial score (nSPS) is 22.4. The summed E-state index contributed by atoms with van der Waals surface area (Å²) < 4.78 is 0. The van der Waals surface area contributed by atoms with Gasteiger partial charge in [0.05, 0.1) is 0 Å². The minimum atomic E-state index is 0.692. The van der Waals surface area contributed by atoms with Crippen LogP contribution in [0.2, 0.25) is 0 Å². The summed E-state index contributed by atoms with van der Waals surface area (Å²) >= 11 is 0. The summed E-state index contributed by atoms with van der Waals surface area (Å²) in [5, 5.41) is 2.76. The van der Waals surface area contributed by atoms with Crippen LogP contribution in [0.15, 0.2) is 23.3 Å². The Morgan fingerprint density at radius 3 is 3.00 bits per heavy atom. The van der Waals surface area contributed by atoms with Crippen molar-refractivity contribution >= 4 is 6.41 Å². The lowest BCUT2D eigenvalue weighted by Crippen LogP contribution is -2.20. The summed E-state index contributed by atoms with van der Waals surface area (Å²) in [6.07, 6.45) is 12.9. The highest BCUT2D eigenvalue weighted by Crippen LogP contribution is 2.37. The molecule has 17 heavy (non-hydrogen) atoms. The average Bonchev–Trinajstić information content (AvgIpc) is 2.42. The van der Waals surface area contributed by atoms with Crippen LogP contribution in [-0.2, 0) is 4.79 Å². The minimum absolute atomic E-state index is 0.692. The fraction of sp³-hybridized carbons (Fsp3) is 0.667. The van der Waals surface area contributed by atoms with Crippen molar-refractivity contribution in [1.29, 1.82) is 0 Å². The highest BCUT2D eigenvalue weighted by molar-refractivity contribution is 5.45. The Labute approximate surface area is 105 Å². The maximum Gasteiger partial charge on any atom is 0.207 e. The lowest BCUT2D eigenvalue weighted by atomic mass is 9.77. The van der Waals surface area contributed by atoms with E-state index in [1.165, 1.54) is 32.1 Å². The molecule has 0 heterocycles. The van der Waals surface area contributed by atoms with Gasteiger partial charge in [0.1, 0.15) is 0 Å². The van der Waals surface area contributed by atoms with Gasteiger partial charge in [0.15, 0.2) is 0 Å². The zero-order valence-electron chi connectivity index (χ0n) is 11.2. The van der Waals surface area contributed by atoms with Gasteiger partial charge in [0.25, 0.3) is 0 Å². The van der Waals surface area contributed by atoms with E-state index in [4.69, 9.17) is 0 Å². The molecule has 0 aliphatic heterocycles. The number of hydrogen-bond donors (Lipinski definition) is 1. The topological polar surface area (TPSA) is 29.1 Å². The van der Waals surface area contributed by atoms with Crippen LogP contribution >= 0.6 is 0 Å². The molecule has 2 heteroatoms. The molecule has 1 unspecified atom stereocenters. The van der Waals surface area contributed by atoms with Crippen LogP contribution in [0, 0.1) is 5.92 Å². The van der Waals surface area contributed by atoms with Crippen molar-refractivity contribution in [3.63, 3.8) is 0 Å². The molecular weight excluding hydrogens is 210 g/mol. The van der Waals surface area contributed by atoms with Crippen LogP contribution < -0.4 is 5.32 Å². The Morgan fingerprint density at radius 2 is 2.24 bits per heavy atom. The van der Waals surface area contributed by atoms with E-state index in [0.29, 0.717) is 5.92 Å². The van der Waals surface area contributed by atoms with Crippen LogP contribution in [0.25, 0.3) is 0 Å². The average molecular weight is 235 g/mol. The van der Waals surface area contributed by atoms with Crippen molar-refractivity contribution in [2.45, 2.75) is 52.4 Å². The van der Waals surface area contributed by atoms with E-state index in [1.807, 2.05) is 13.8 Å². The number of amides is 1. The van der Waals surface area contributed by atoms with Gasteiger partial charge < -0.3 is 5.32 Å². The van der Waals surface area contributed by atoms with Crippen LogP contribution in [-0.4, -0.2) is 13.0 Å². The summed E-state index contributed by atoms with van der Waals surface area (Å²) in [4.78, 5) is 10.2. The third-order valence-corrected chi connectivity index (χ3v) is 3.51. The van der Waals surface area contributed by atoms with Crippen molar-refractivity contribution in [3.8, 4) is 0 Å². The van der Waals surface area contributed by atoms with Crippen molar-refractivity contribution in [2.75, 3.05) is 6.54 Å². The molecule has 2 rings (SSSR count). The van der Waals surface area contributed by atoms with Crippen LogP contribution in [0.1, 0.15) is 52.4 Å². The lowest BCUT2D eigenvalue weighted by molar-refractivity contribution is -0.109. The summed E-state index contributed by atoms with van der Waals surface area (Å²) in [7, 11) is 0. The minimum Gasteiger partial charge on any atom is -0.359 e. The molecule has 1 N–H and O–H groups in total. The van der Waals surface area contributed by atoms with E-state index >= 15 is 0 Å². The van der Waals surface area contributed by atoms with E-state index in [-0.39, 0.29) is 0 Å². The first-order valence-corrected chi connectivity index (χ1v) is 6.97. The predicted octanol–water partition coefficient (Wildman–Crippen LogP) is 3.60. The van der Waals surface area contributed by atoms with Gasteiger partial charge in [-0.25, -0.2) is 0 Å². The first-order valence-electron chi connectivity index (χ1n) is 6.97. The maximum absolute atomic E-state index is 10.2. The summed E-state index contributed by atoms with van der Waals surface area (Å²) in [6, 6.07) is 0. The number of carbonyl (C=O) groups is 1. The molecule has 0 aromatic heterocycles. The highest BCUT2D eigenvalue weighted by Gasteiger charge is 2.21. The maximum atomic E-state index is 10.2. The summed E-state index contributed by atoms with van der Waals surface area (Å²) in [6.45, 7) is 4.82. The molecule has 1 atom stereocenters. The van der Waals surface area contributed by atoms with Gasteiger partial charge in [-0.1, -0.05) is 31.6 Å². The van der Waals surface area contributed by atoms with Crippen molar-refractivity contribution < 1.29 is 4.79 Å². The summed E-state index contributed by atoms with van der Waals surface area (Å²) in [5.41, 5.74) is 3.26. The zero-order valence-corrected chi connectivity index (χ0v) is 11.2. The molecule has 96 valence electrons. The Balaban J connectivity index is 0.000000686. The smallest absolute Gasteiger partial charge is 0.207 e. The number of allylic oxidation sites excluding steroid dienone is 4. The zero-order chi connectivity index (χ0) is 12.5. The molecule has 0 aromatic carbocycles. The Bertz CT molecular complexity index is 291. The Hall–Kier alpha value is -1.05. The monoisotopic (exact) mass is 235 g/mol. The fourth-order valence-corrected chi connectivity index (χ4v) is 2.76. The van der Waals surface area contributed by atoms with Gasteiger partial charge in [-0.15, -0.1) is 0 Å². The molecule has 0 saturated carbocycles. The molecule has 2 aliphatic rings. The van der Waals surface area contributed by atoms with Crippen LogP contribution in [0.5, 0.6) is 0 Å². The largest absolute Gasteiger partial charge is 0.359 e. The third-order valence-electron chi connectivity index (χ3n) is 3.51. The predicted molar refractivity (Wildman–Crippen MR) is 72.8 cm³/mol. The summed E-state index contributed by atoms with van der Waals surface area (Å²) in [5.74, 6) is 0.692. The molecule has 0 aromatic rings. The van der Waals surface area contributed by atoms with Crippen molar-refractivity contribution in [3.05, 3.63) is 23.3 Å². The van der Waals surface area contributed by atoms with Gasteiger partial charge in [-0.05, 0) is 50.0 Å². The molecular formula is C15H25NO. The third kappa shape index (κ3) is 4.03. The molecule has 0 saturated heterocycles. The molecule has 1 amide bonds. The van der Waals surface area contributed by atoms with E-state index in [0.717, 1.165) is 19.4 Å². The molecule has 0 spiro atoms. The second-order valence-corrected chi connectivity index (χ2v) is 4.45. The van der Waals surface area contributed by atoms with Gasteiger partial charge in [0.2, 0.25) is 6.41 Å². The van der Waals surface area contributed by atoms with Crippen LogP contribution in [0.4, 0.5) is 0 Å². The SMILES string of the molecule is CC.O=CNCCC1CCCC2=C1C=CCC2. The van der Waals surface area contributed by atoms with Crippen molar-refractivity contribution in [1.82, 2.24) is 5.32 Å².